The SMILES string of the molecule is CN=C(N)NC1CC(=O)N(C)C1=O. The highest BCUT2D eigenvalue weighted by Crippen LogP contribution is 2.09. The molecule has 1 rings (SSSR count). The molecule has 1 fully saturated rings. The summed E-state index contributed by atoms with van der Waals surface area (Å²) in [5.74, 6) is -0.301. The lowest BCUT2D eigenvalue weighted by molar-refractivity contribution is -0.137. The van der Waals surface area contributed by atoms with E-state index >= 15 is 0 Å². The monoisotopic (exact) mass is 184 g/mol. The number of nitrogens with one attached hydrogen (secondary N) is 1. The topological polar surface area (TPSA) is 87.8 Å². The molecule has 3 N–H and O–H groups in total. The van der Waals surface area contributed by atoms with Crippen LogP contribution in [0.3, 0.4) is 0 Å². The van der Waals surface area contributed by atoms with Crippen molar-refractivity contribution in [2.24, 2.45) is 10.7 Å². The fourth-order valence-electron chi connectivity index (χ4n) is 1.11. The van der Waals surface area contributed by atoms with Crippen molar-refractivity contribution in [2.45, 2.75) is 12.5 Å². The first kappa shape index (κ1) is 9.50. The van der Waals surface area contributed by atoms with E-state index in [1.54, 1.807) is 0 Å². The van der Waals surface area contributed by atoms with Crippen LogP contribution in [0.5, 0.6) is 0 Å². The van der Waals surface area contributed by atoms with Crippen molar-refractivity contribution < 1.29 is 9.59 Å². The molecule has 72 valence electrons. The summed E-state index contributed by atoms with van der Waals surface area (Å²) >= 11 is 0. The van der Waals surface area contributed by atoms with E-state index in [0.29, 0.717) is 0 Å². The third kappa shape index (κ3) is 1.77. The first-order valence-electron chi connectivity index (χ1n) is 3.85. The van der Waals surface area contributed by atoms with Crippen LogP contribution < -0.4 is 11.1 Å². The van der Waals surface area contributed by atoms with Gasteiger partial charge in [0.05, 0.1) is 6.42 Å². The molecule has 1 heterocycles. The van der Waals surface area contributed by atoms with Crippen LogP contribution in [0.15, 0.2) is 4.99 Å². The van der Waals surface area contributed by atoms with Gasteiger partial charge in [-0.25, -0.2) is 0 Å². The first-order chi connectivity index (χ1) is 6.06. The third-order valence-electron chi connectivity index (χ3n) is 1.94. The molecule has 0 spiro atoms. The van der Waals surface area contributed by atoms with Crippen LogP contribution in [0.1, 0.15) is 6.42 Å². The van der Waals surface area contributed by atoms with E-state index in [-0.39, 0.29) is 24.2 Å². The number of hydrogen-bond donors (Lipinski definition) is 2. The minimum atomic E-state index is -0.554. The van der Waals surface area contributed by atoms with Crippen LogP contribution in [0, 0.1) is 0 Å². The minimum Gasteiger partial charge on any atom is -0.370 e. The molecule has 0 aliphatic carbocycles. The molecule has 1 aliphatic rings. The molecule has 1 aliphatic heterocycles. The van der Waals surface area contributed by atoms with Gasteiger partial charge in [0.25, 0.3) is 5.91 Å². The van der Waals surface area contributed by atoms with Crippen molar-refractivity contribution in [3.63, 3.8) is 0 Å². The highest BCUT2D eigenvalue weighted by molar-refractivity contribution is 6.06. The van der Waals surface area contributed by atoms with Gasteiger partial charge in [0, 0.05) is 14.1 Å². The van der Waals surface area contributed by atoms with Gasteiger partial charge in [-0.1, -0.05) is 0 Å². The van der Waals surface area contributed by atoms with Gasteiger partial charge in [-0.15, -0.1) is 0 Å². The van der Waals surface area contributed by atoms with E-state index in [1.165, 1.54) is 14.1 Å². The van der Waals surface area contributed by atoms with E-state index in [9.17, 15) is 9.59 Å². The van der Waals surface area contributed by atoms with E-state index in [2.05, 4.69) is 10.3 Å². The number of carbonyl (C=O) groups is 2. The van der Waals surface area contributed by atoms with Crippen molar-refractivity contribution in [3.05, 3.63) is 0 Å². The molecule has 0 bridgehead atoms. The predicted octanol–water partition coefficient (Wildman–Crippen LogP) is -1.72. The van der Waals surface area contributed by atoms with Gasteiger partial charge in [-0.3, -0.25) is 19.5 Å². The maximum Gasteiger partial charge on any atom is 0.252 e. The molecule has 6 heteroatoms. The normalized spacial score (nSPS) is 24.0. The van der Waals surface area contributed by atoms with Gasteiger partial charge in [0.2, 0.25) is 5.91 Å². The summed E-state index contributed by atoms with van der Waals surface area (Å²) in [6.45, 7) is 0. The highest BCUT2D eigenvalue weighted by atomic mass is 16.2. The van der Waals surface area contributed by atoms with Gasteiger partial charge in [0.1, 0.15) is 6.04 Å². The molecule has 0 aromatic rings. The number of amides is 2. The van der Waals surface area contributed by atoms with E-state index < -0.39 is 6.04 Å². The number of hydrogen-bond acceptors (Lipinski definition) is 3. The zero-order valence-corrected chi connectivity index (χ0v) is 7.57. The lowest BCUT2D eigenvalue weighted by atomic mass is 10.2. The Morgan fingerprint density at radius 3 is 2.69 bits per heavy atom. The zero-order chi connectivity index (χ0) is 10.0. The van der Waals surface area contributed by atoms with E-state index in [4.69, 9.17) is 5.73 Å². The van der Waals surface area contributed by atoms with Gasteiger partial charge in [0.15, 0.2) is 5.96 Å². The number of rotatable bonds is 1. The van der Waals surface area contributed by atoms with Crippen LogP contribution in [-0.4, -0.2) is 42.8 Å². The van der Waals surface area contributed by atoms with Gasteiger partial charge in [-0.2, -0.15) is 0 Å². The Balaban J connectivity index is 2.64. The molecule has 1 saturated heterocycles. The second-order valence-electron chi connectivity index (χ2n) is 2.80. The number of nitrogens with two attached hydrogens (primary N) is 1. The Kier molecular flexibility index (Phi) is 2.50. The van der Waals surface area contributed by atoms with Gasteiger partial charge >= 0.3 is 0 Å². The molecular weight excluding hydrogens is 172 g/mol. The molecule has 1 unspecified atom stereocenters. The molecule has 2 amide bonds. The quantitative estimate of drug-likeness (QED) is 0.288. The Labute approximate surface area is 75.8 Å². The van der Waals surface area contributed by atoms with Crippen molar-refractivity contribution in [1.82, 2.24) is 10.2 Å². The number of likely N-dealkylation sites (tertiary alicyclic amines) is 1. The molecule has 1 atom stereocenters. The summed E-state index contributed by atoms with van der Waals surface area (Å²) in [4.78, 5) is 27.1. The highest BCUT2D eigenvalue weighted by Gasteiger charge is 2.36. The average molecular weight is 184 g/mol. The molecule has 0 saturated carbocycles. The zero-order valence-electron chi connectivity index (χ0n) is 7.57. The number of nitrogens with zero attached hydrogens (tertiary/aromatic N) is 2. The summed E-state index contributed by atoms with van der Waals surface area (Å²) in [6, 6.07) is -0.554. The smallest absolute Gasteiger partial charge is 0.252 e. The predicted molar refractivity (Wildman–Crippen MR) is 46.9 cm³/mol. The number of carbonyl (C=O) groups excluding carboxylic acids is 2. The van der Waals surface area contributed by atoms with Gasteiger partial charge in [-0.05, 0) is 0 Å². The number of aliphatic imine (C=N–C) groups is 1. The molecule has 13 heavy (non-hydrogen) atoms. The van der Waals surface area contributed by atoms with Crippen LogP contribution >= 0.6 is 0 Å². The number of likely N-dealkylation sites (N-methyl/N-ethyl adjacent to an activating group) is 1. The second-order valence-corrected chi connectivity index (χ2v) is 2.80. The van der Waals surface area contributed by atoms with Crippen LogP contribution in [0.2, 0.25) is 0 Å². The molecular formula is C7H12N4O2. The Hall–Kier alpha value is -1.59. The van der Waals surface area contributed by atoms with E-state index in [1.807, 2.05) is 0 Å². The molecule has 0 aromatic heterocycles. The van der Waals surface area contributed by atoms with Crippen molar-refractivity contribution in [3.8, 4) is 0 Å². The third-order valence-corrected chi connectivity index (χ3v) is 1.94. The van der Waals surface area contributed by atoms with Crippen LogP contribution in [0.25, 0.3) is 0 Å². The summed E-state index contributed by atoms with van der Waals surface area (Å²) in [5.41, 5.74) is 5.36. The van der Waals surface area contributed by atoms with Crippen LogP contribution in [-0.2, 0) is 9.59 Å². The Morgan fingerprint density at radius 2 is 2.31 bits per heavy atom. The van der Waals surface area contributed by atoms with Crippen molar-refractivity contribution in [1.29, 1.82) is 0 Å². The second kappa shape index (κ2) is 3.42. The summed E-state index contributed by atoms with van der Waals surface area (Å²) in [5, 5.41) is 2.65. The van der Waals surface area contributed by atoms with Crippen molar-refractivity contribution >= 4 is 17.8 Å². The Morgan fingerprint density at radius 1 is 1.69 bits per heavy atom. The van der Waals surface area contributed by atoms with E-state index in [0.717, 1.165) is 4.90 Å². The summed E-state index contributed by atoms with van der Waals surface area (Å²) < 4.78 is 0. The summed E-state index contributed by atoms with van der Waals surface area (Å²) in [7, 11) is 2.96. The summed E-state index contributed by atoms with van der Waals surface area (Å²) in [6.07, 6.45) is 0.144. The van der Waals surface area contributed by atoms with Crippen LogP contribution in [0.4, 0.5) is 0 Å². The fraction of sp³-hybridized carbons (Fsp3) is 0.571. The largest absolute Gasteiger partial charge is 0.370 e. The lowest BCUT2D eigenvalue weighted by Gasteiger charge is -2.10. The standard InChI is InChI=1S/C7H12N4O2/c1-9-7(8)10-4-3-5(12)11(2)6(4)13/h4H,3H2,1-2H3,(H3,8,9,10). The molecule has 6 nitrogen and oxygen atoms in total. The first-order valence-corrected chi connectivity index (χ1v) is 3.85. The average Bonchev–Trinajstić information content (AvgIpc) is 2.34. The molecule has 0 aromatic carbocycles. The minimum absolute atomic E-state index is 0.144. The number of guanidine groups is 1. The number of imide groups is 1. The van der Waals surface area contributed by atoms with Gasteiger partial charge < -0.3 is 11.1 Å². The molecule has 0 radical (unpaired) electrons. The maximum absolute atomic E-state index is 11.3. The van der Waals surface area contributed by atoms with Crippen molar-refractivity contribution in [2.75, 3.05) is 14.1 Å². The fourth-order valence-corrected chi connectivity index (χ4v) is 1.11. The Bertz CT molecular complexity index is 274. The lowest BCUT2D eigenvalue weighted by Crippen LogP contribution is -2.44. The maximum atomic E-state index is 11.3.